The van der Waals surface area contributed by atoms with E-state index in [4.69, 9.17) is 0 Å². The minimum Gasteiger partial charge on any atom is -0.324 e. The van der Waals surface area contributed by atoms with Gasteiger partial charge < -0.3 is 5.32 Å². The summed E-state index contributed by atoms with van der Waals surface area (Å²) in [6, 6.07) is 13.6. The van der Waals surface area contributed by atoms with Gasteiger partial charge in [0.05, 0.1) is 17.6 Å². The minimum atomic E-state index is -3.46. The highest BCUT2D eigenvalue weighted by molar-refractivity contribution is 7.92. The molecule has 1 atom stereocenters. The van der Waals surface area contributed by atoms with Crippen LogP contribution in [-0.2, 0) is 14.8 Å². The van der Waals surface area contributed by atoms with Crippen molar-refractivity contribution in [1.29, 1.82) is 0 Å². The van der Waals surface area contributed by atoms with Gasteiger partial charge >= 0.3 is 0 Å². The van der Waals surface area contributed by atoms with Crippen molar-refractivity contribution in [3.63, 3.8) is 0 Å². The number of anilines is 2. The van der Waals surface area contributed by atoms with Gasteiger partial charge in [-0.2, -0.15) is 5.10 Å². The molecule has 0 bridgehead atoms. The monoisotopic (exact) mass is 430 g/mol. The van der Waals surface area contributed by atoms with Gasteiger partial charge in [-0.3, -0.25) is 14.3 Å². The third-order valence-electron chi connectivity index (χ3n) is 4.14. The molecule has 0 aliphatic carbocycles. The van der Waals surface area contributed by atoms with Gasteiger partial charge in [0, 0.05) is 17.3 Å². The first-order chi connectivity index (χ1) is 14.1. The molecule has 0 unspecified atom stereocenters. The molecule has 30 heavy (non-hydrogen) atoms. The lowest BCUT2D eigenvalue weighted by molar-refractivity contribution is -0.119. The number of amides is 1. The van der Waals surface area contributed by atoms with Crippen LogP contribution < -0.4 is 15.6 Å². The number of hydrogen-bond donors (Lipinski definition) is 2. The maximum atomic E-state index is 13.1. The number of nitrogens with zero attached hydrogens (tertiary/aromatic N) is 2. The van der Waals surface area contributed by atoms with Crippen molar-refractivity contribution in [2.24, 2.45) is 0 Å². The molecule has 8 nitrogen and oxygen atoms in total. The third-order valence-corrected chi connectivity index (χ3v) is 4.75. The zero-order chi connectivity index (χ0) is 21.9. The number of hydrogen-bond acceptors (Lipinski definition) is 5. The Hall–Kier alpha value is -3.53. The van der Waals surface area contributed by atoms with E-state index < -0.39 is 33.3 Å². The van der Waals surface area contributed by atoms with Crippen LogP contribution in [0.25, 0.3) is 11.3 Å². The van der Waals surface area contributed by atoms with Crippen molar-refractivity contribution in [2.75, 3.05) is 16.3 Å². The summed E-state index contributed by atoms with van der Waals surface area (Å²) in [4.78, 5) is 24.9. The number of aromatic nitrogens is 2. The van der Waals surface area contributed by atoms with Crippen molar-refractivity contribution in [3.8, 4) is 11.3 Å². The molecule has 2 N–H and O–H groups in total. The predicted molar refractivity (Wildman–Crippen MR) is 112 cm³/mol. The van der Waals surface area contributed by atoms with E-state index in [1.54, 1.807) is 18.2 Å². The molecule has 10 heteroatoms. The van der Waals surface area contributed by atoms with Gasteiger partial charge in [0.25, 0.3) is 5.56 Å². The number of rotatable bonds is 6. The lowest BCUT2D eigenvalue weighted by atomic mass is 10.1. The molecule has 0 saturated carbocycles. The van der Waals surface area contributed by atoms with Crippen LogP contribution in [0, 0.1) is 5.82 Å². The normalized spacial score (nSPS) is 12.2. The Kier molecular flexibility index (Phi) is 5.97. The zero-order valence-corrected chi connectivity index (χ0v) is 17.0. The summed E-state index contributed by atoms with van der Waals surface area (Å²) >= 11 is 0. The molecule has 0 aliphatic rings. The van der Waals surface area contributed by atoms with Crippen LogP contribution in [0.4, 0.5) is 15.8 Å². The molecule has 0 aliphatic heterocycles. The highest BCUT2D eigenvalue weighted by Gasteiger charge is 2.18. The number of carbonyl (C=O) groups is 1. The van der Waals surface area contributed by atoms with Crippen LogP contribution in [0.2, 0.25) is 0 Å². The summed E-state index contributed by atoms with van der Waals surface area (Å²) in [6.45, 7) is 1.51. The molecule has 0 saturated heterocycles. The van der Waals surface area contributed by atoms with Crippen LogP contribution in [0.1, 0.15) is 13.0 Å². The van der Waals surface area contributed by atoms with Gasteiger partial charge in [-0.15, -0.1) is 0 Å². The second-order valence-electron chi connectivity index (χ2n) is 6.63. The third kappa shape index (κ3) is 5.29. The van der Waals surface area contributed by atoms with Crippen LogP contribution in [0.15, 0.2) is 65.5 Å². The molecule has 1 heterocycles. The van der Waals surface area contributed by atoms with E-state index in [1.165, 1.54) is 49.4 Å². The Morgan fingerprint density at radius 3 is 2.40 bits per heavy atom. The van der Waals surface area contributed by atoms with Crippen LogP contribution in [0.3, 0.4) is 0 Å². The lowest BCUT2D eigenvalue weighted by Gasteiger charge is -2.15. The number of benzene rings is 2. The molecule has 0 fully saturated rings. The van der Waals surface area contributed by atoms with E-state index in [0.29, 0.717) is 16.9 Å². The summed E-state index contributed by atoms with van der Waals surface area (Å²) in [5, 5.41) is 6.87. The van der Waals surface area contributed by atoms with E-state index in [2.05, 4.69) is 15.1 Å². The summed E-state index contributed by atoms with van der Waals surface area (Å²) in [7, 11) is -3.46. The summed E-state index contributed by atoms with van der Waals surface area (Å²) in [5.41, 5.74) is 1.17. The van der Waals surface area contributed by atoms with Crippen molar-refractivity contribution >= 4 is 27.3 Å². The van der Waals surface area contributed by atoms with Gasteiger partial charge in [0.15, 0.2) is 0 Å². The summed E-state index contributed by atoms with van der Waals surface area (Å²) < 4.78 is 39.2. The van der Waals surface area contributed by atoms with E-state index in [1.807, 2.05) is 0 Å². The number of nitrogens with one attached hydrogen (secondary N) is 2. The van der Waals surface area contributed by atoms with E-state index in [9.17, 15) is 22.4 Å². The van der Waals surface area contributed by atoms with Gasteiger partial charge in [0.2, 0.25) is 15.9 Å². The van der Waals surface area contributed by atoms with Crippen LogP contribution in [0.5, 0.6) is 0 Å². The van der Waals surface area contributed by atoms with Crippen LogP contribution >= 0.6 is 0 Å². The fourth-order valence-corrected chi connectivity index (χ4v) is 3.26. The second kappa shape index (κ2) is 8.46. The first kappa shape index (κ1) is 21.2. The van der Waals surface area contributed by atoms with Crippen LogP contribution in [-0.4, -0.2) is 30.4 Å². The van der Waals surface area contributed by atoms with E-state index in [0.717, 1.165) is 10.9 Å². The van der Waals surface area contributed by atoms with Gasteiger partial charge in [-0.05, 0) is 55.5 Å². The minimum absolute atomic E-state index is 0.288. The Morgan fingerprint density at radius 1 is 1.07 bits per heavy atom. The number of halogens is 1. The SMILES string of the molecule is C[C@@H](C(=O)Nc1cccc(NS(C)(=O)=O)c1)n1nc(-c2ccc(F)cc2)ccc1=O. The molecular weight excluding hydrogens is 411 g/mol. The molecule has 3 rings (SSSR count). The van der Waals surface area contributed by atoms with E-state index in [-0.39, 0.29) is 5.69 Å². The van der Waals surface area contributed by atoms with Crippen molar-refractivity contribution in [2.45, 2.75) is 13.0 Å². The standard InChI is InChI=1S/C20H19FN4O4S/c1-13(20(27)22-16-4-3-5-17(12-16)24-30(2,28)29)25-19(26)11-10-18(23-25)14-6-8-15(21)9-7-14/h3-13,24H,1-2H3,(H,22,27)/t13-/m0/s1. The maximum absolute atomic E-state index is 13.1. The average Bonchev–Trinajstić information content (AvgIpc) is 2.67. The van der Waals surface area contributed by atoms with E-state index >= 15 is 0 Å². The Balaban J connectivity index is 1.82. The quantitative estimate of drug-likeness (QED) is 0.625. The maximum Gasteiger partial charge on any atom is 0.267 e. The van der Waals surface area contributed by atoms with Gasteiger partial charge in [-0.1, -0.05) is 6.07 Å². The topological polar surface area (TPSA) is 110 Å². The van der Waals surface area contributed by atoms with Crippen molar-refractivity contribution in [3.05, 3.63) is 76.8 Å². The summed E-state index contributed by atoms with van der Waals surface area (Å²) in [5.74, 6) is -0.912. The van der Waals surface area contributed by atoms with Gasteiger partial charge in [-0.25, -0.2) is 17.5 Å². The molecule has 156 valence electrons. The number of carbonyl (C=O) groups excluding carboxylic acids is 1. The average molecular weight is 430 g/mol. The largest absolute Gasteiger partial charge is 0.324 e. The fourth-order valence-electron chi connectivity index (χ4n) is 2.71. The van der Waals surface area contributed by atoms with Crippen molar-refractivity contribution < 1.29 is 17.6 Å². The molecule has 0 radical (unpaired) electrons. The highest BCUT2D eigenvalue weighted by atomic mass is 32.2. The first-order valence-electron chi connectivity index (χ1n) is 8.87. The molecular formula is C20H19FN4O4S. The Labute approximate surface area is 172 Å². The number of sulfonamides is 1. The Morgan fingerprint density at radius 2 is 1.73 bits per heavy atom. The highest BCUT2D eigenvalue weighted by Crippen LogP contribution is 2.19. The molecule has 3 aromatic rings. The molecule has 2 aromatic carbocycles. The molecule has 0 spiro atoms. The molecule has 1 aromatic heterocycles. The molecule has 1 amide bonds. The lowest BCUT2D eigenvalue weighted by Crippen LogP contribution is -2.33. The summed E-state index contributed by atoms with van der Waals surface area (Å²) in [6.07, 6.45) is 1.02. The zero-order valence-electron chi connectivity index (χ0n) is 16.2. The first-order valence-corrected chi connectivity index (χ1v) is 10.8. The smallest absolute Gasteiger partial charge is 0.267 e. The fraction of sp³-hybridized carbons (Fsp3) is 0.150. The Bertz CT molecular complexity index is 1240. The second-order valence-corrected chi connectivity index (χ2v) is 8.38. The van der Waals surface area contributed by atoms with Gasteiger partial charge in [0.1, 0.15) is 11.9 Å². The predicted octanol–water partition coefficient (Wildman–Crippen LogP) is 2.62. The van der Waals surface area contributed by atoms with Crippen molar-refractivity contribution in [1.82, 2.24) is 9.78 Å².